The van der Waals surface area contributed by atoms with E-state index in [2.05, 4.69) is 0 Å². The molecule has 0 atom stereocenters. The quantitative estimate of drug-likeness (QED) is 0.430. The van der Waals surface area contributed by atoms with Crippen LogP contribution in [-0.4, -0.2) is 19.0 Å². The third kappa shape index (κ3) is 5.51. The molecule has 0 bridgehead atoms. The number of carbonyl (C=O) groups is 1. The highest BCUT2D eigenvalue weighted by Crippen LogP contribution is 1.82. The first-order valence-corrected chi connectivity index (χ1v) is 3.54. The molecule has 0 radical (unpaired) electrons. The molecule has 0 rings (SSSR count). The SMILES string of the molecule is C/C=C/C(=O)COCCC. The molecule has 0 heterocycles. The molecular weight excluding hydrogens is 128 g/mol. The van der Waals surface area contributed by atoms with Gasteiger partial charge in [-0.15, -0.1) is 0 Å². The highest BCUT2D eigenvalue weighted by atomic mass is 16.5. The highest BCUT2D eigenvalue weighted by molar-refractivity contribution is 5.90. The fourth-order valence-electron chi connectivity index (χ4n) is 0.551. The summed E-state index contributed by atoms with van der Waals surface area (Å²) in [6.07, 6.45) is 4.20. The minimum absolute atomic E-state index is 0.0379. The van der Waals surface area contributed by atoms with Crippen LogP contribution in [0, 0.1) is 0 Å². The molecule has 0 amide bonds. The molecule has 0 aliphatic carbocycles. The van der Waals surface area contributed by atoms with Crippen molar-refractivity contribution in [3.8, 4) is 0 Å². The second-order valence-corrected chi connectivity index (χ2v) is 2.02. The lowest BCUT2D eigenvalue weighted by atomic mass is 10.4. The first kappa shape index (κ1) is 9.37. The Kier molecular flexibility index (Phi) is 6.08. The minimum atomic E-state index is 0.0379. The van der Waals surface area contributed by atoms with Gasteiger partial charge < -0.3 is 4.74 Å². The number of ketones is 1. The van der Waals surface area contributed by atoms with Gasteiger partial charge in [0, 0.05) is 6.61 Å². The van der Waals surface area contributed by atoms with E-state index in [1.807, 2.05) is 13.8 Å². The Morgan fingerprint density at radius 2 is 2.30 bits per heavy atom. The zero-order valence-corrected chi connectivity index (χ0v) is 6.59. The van der Waals surface area contributed by atoms with Crippen molar-refractivity contribution in [3.63, 3.8) is 0 Å². The molecule has 0 aromatic heterocycles. The maximum Gasteiger partial charge on any atom is 0.180 e. The van der Waals surface area contributed by atoms with E-state index < -0.39 is 0 Å². The zero-order chi connectivity index (χ0) is 7.82. The summed E-state index contributed by atoms with van der Waals surface area (Å²) in [5, 5.41) is 0. The van der Waals surface area contributed by atoms with E-state index in [0.29, 0.717) is 6.61 Å². The summed E-state index contributed by atoms with van der Waals surface area (Å²) in [5.74, 6) is 0.0379. The first-order valence-electron chi connectivity index (χ1n) is 3.54. The molecule has 0 N–H and O–H groups in total. The molecule has 0 spiro atoms. The van der Waals surface area contributed by atoms with E-state index in [0.717, 1.165) is 6.42 Å². The summed E-state index contributed by atoms with van der Waals surface area (Å²) < 4.78 is 5.00. The molecule has 2 heteroatoms. The molecule has 0 aromatic rings. The van der Waals surface area contributed by atoms with Crippen LogP contribution in [0.1, 0.15) is 20.3 Å². The molecule has 0 saturated heterocycles. The molecule has 0 unspecified atom stereocenters. The molecule has 2 nitrogen and oxygen atoms in total. The number of ether oxygens (including phenoxy) is 1. The third-order valence-corrected chi connectivity index (χ3v) is 0.945. The zero-order valence-electron chi connectivity index (χ0n) is 6.59. The average Bonchev–Trinajstić information content (AvgIpc) is 1.89. The van der Waals surface area contributed by atoms with E-state index in [4.69, 9.17) is 4.74 Å². The lowest BCUT2D eigenvalue weighted by Gasteiger charge is -1.96. The summed E-state index contributed by atoms with van der Waals surface area (Å²) in [4.78, 5) is 10.7. The van der Waals surface area contributed by atoms with Crippen molar-refractivity contribution >= 4 is 5.78 Å². The first-order chi connectivity index (χ1) is 4.81. The summed E-state index contributed by atoms with van der Waals surface area (Å²) in [6.45, 7) is 4.72. The normalized spacial score (nSPS) is 10.6. The van der Waals surface area contributed by atoms with Crippen molar-refractivity contribution in [3.05, 3.63) is 12.2 Å². The number of allylic oxidation sites excluding steroid dienone is 1. The van der Waals surface area contributed by atoms with Gasteiger partial charge in [-0.3, -0.25) is 4.79 Å². The monoisotopic (exact) mass is 142 g/mol. The van der Waals surface area contributed by atoms with Gasteiger partial charge in [-0.05, 0) is 19.4 Å². The van der Waals surface area contributed by atoms with Gasteiger partial charge in [0.15, 0.2) is 5.78 Å². The van der Waals surface area contributed by atoms with Crippen LogP contribution in [0.2, 0.25) is 0 Å². The van der Waals surface area contributed by atoms with Crippen LogP contribution >= 0.6 is 0 Å². The predicted molar refractivity (Wildman–Crippen MR) is 40.9 cm³/mol. The minimum Gasteiger partial charge on any atom is -0.373 e. The van der Waals surface area contributed by atoms with E-state index >= 15 is 0 Å². The fourth-order valence-corrected chi connectivity index (χ4v) is 0.551. The van der Waals surface area contributed by atoms with Crippen molar-refractivity contribution in [1.29, 1.82) is 0 Å². The van der Waals surface area contributed by atoms with Gasteiger partial charge in [-0.1, -0.05) is 13.0 Å². The van der Waals surface area contributed by atoms with E-state index in [9.17, 15) is 4.79 Å². The van der Waals surface area contributed by atoms with Gasteiger partial charge in [-0.2, -0.15) is 0 Å². The predicted octanol–water partition coefficient (Wildman–Crippen LogP) is 1.56. The lowest BCUT2D eigenvalue weighted by molar-refractivity contribution is -0.118. The molecular formula is C8H14O2. The van der Waals surface area contributed by atoms with E-state index in [-0.39, 0.29) is 12.4 Å². The Labute approximate surface area is 61.9 Å². The van der Waals surface area contributed by atoms with Crippen LogP contribution in [0.4, 0.5) is 0 Å². The van der Waals surface area contributed by atoms with Crippen LogP contribution in [0.3, 0.4) is 0 Å². The fraction of sp³-hybridized carbons (Fsp3) is 0.625. The third-order valence-electron chi connectivity index (χ3n) is 0.945. The Morgan fingerprint density at radius 3 is 2.80 bits per heavy atom. The molecule has 0 fully saturated rings. The number of hydrogen-bond donors (Lipinski definition) is 0. The van der Waals surface area contributed by atoms with Gasteiger partial charge in [0.25, 0.3) is 0 Å². The van der Waals surface area contributed by atoms with Crippen molar-refractivity contribution in [1.82, 2.24) is 0 Å². The topological polar surface area (TPSA) is 26.3 Å². The van der Waals surface area contributed by atoms with Gasteiger partial charge >= 0.3 is 0 Å². The largest absolute Gasteiger partial charge is 0.373 e. The Hall–Kier alpha value is -0.630. The molecule has 58 valence electrons. The van der Waals surface area contributed by atoms with Crippen LogP contribution in [0.15, 0.2) is 12.2 Å². The maximum absolute atomic E-state index is 10.7. The molecule has 0 saturated carbocycles. The summed E-state index contributed by atoms with van der Waals surface area (Å²) in [7, 11) is 0. The van der Waals surface area contributed by atoms with Crippen LogP contribution < -0.4 is 0 Å². The van der Waals surface area contributed by atoms with Crippen LogP contribution in [0.5, 0.6) is 0 Å². The number of hydrogen-bond acceptors (Lipinski definition) is 2. The smallest absolute Gasteiger partial charge is 0.180 e. The maximum atomic E-state index is 10.7. The summed E-state index contributed by atoms with van der Waals surface area (Å²) in [6, 6.07) is 0. The molecule has 10 heavy (non-hydrogen) atoms. The molecule has 0 aliphatic heterocycles. The van der Waals surface area contributed by atoms with Crippen molar-refractivity contribution in [2.45, 2.75) is 20.3 Å². The molecule has 0 aromatic carbocycles. The lowest BCUT2D eigenvalue weighted by Crippen LogP contribution is -2.05. The van der Waals surface area contributed by atoms with Crippen molar-refractivity contribution < 1.29 is 9.53 Å². The summed E-state index contributed by atoms with van der Waals surface area (Å²) >= 11 is 0. The summed E-state index contributed by atoms with van der Waals surface area (Å²) in [5.41, 5.74) is 0. The Morgan fingerprint density at radius 1 is 1.60 bits per heavy atom. The van der Waals surface area contributed by atoms with Gasteiger partial charge in [0.1, 0.15) is 6.61 Å². The van der Waals surface area contributed by atoms with Crippen LogP contribution in [0.25, 0.3) is 0 Å². The second kappa shape index (κ2) is 6.49. The number of carbonyl (C=O) groups excluding carboxylic acids is 1. The Bertz CT molecular complexity index is 116. The van der Waals surface area contributed by atoms with Gasteiger partial charge in [0.05, 0.1) is 0 Å². The van der Waals surface area contributed by atoms with Crippen molar-refractivity contribution in [2.24, 2.45) is 0 Å². The Balaban J connectivity index is 3.22. The second-order valence-electron chi connectivity index (χ2n) is 2.02. The highest BCUT2D eigenvalue weighted by Gasteiger charge is 1.93. The molecule has 0 aliphatic rings. The number of rotatable bonds is 5. The van der Waals surface area contributed by atoms with Crippen LogP contribution in [-0.2, 0) is 9.53 Å². The van der Waals surface area contributed by atoms with E-state index in [1.54, 1.807) is 6.08 Å². The van der Waals surface area contributed by atoms with Gasteiger partial charge in [-0.25, -0.2) is 0 Å². The van der Waals surface area contributed by atoms with Crippen molar-refractivity contribution in [2.75, 3.05) is 13.2 Å². The average molecular weight is 142 g/mol. The van der Waals surface area contributed by atoms with Gasteiger partial charge in [0.2, 0.25) is 0 Å². The standard InChI is InChI=1S/C8H14O2/c1-3-5-8(9)7-10-6-4-2/h3,5H,4,6-7H2,1-2H3/b5-3+. The van der Waals surface area contributed by atoms with E-state index in [1.165, 1.54) is 6.08 Å².